The molecule has 0 aliphatic carbocycles. The van der Waals surface area contributed by atoms with E-state index in [-0.39, 0.29) is 42.3 Å². The van der Waals surface area contributed by atoms with E-state index in [1.54, 1.807) is 12.1 Å². The number of ether oxygens (including phenoxy) is 1. The number of rotatable bonds is 9. The molecule has 1 N–H and O–H groups in total. The van der Waals surface area contributed by atoms with Crippen molar-refractivity contribution >= 4 is 16.0 Å². The summed E-state index contributed by atoms with van der Waals surface area (Å²) < 4.78 is 73.4. The van der Waals surface area contributed by atoms with E-state index in [0.29, 0.717) is 37.9 Å². The van der Waals surface area contributed by atoms with Crippen molar-refractivity contribution in [2.45, 2.75) is 25.1 Å². The topological polar surface area (TPSA) is 142 Å². The molecular weight excluding hydrogens is 551 g/mol. The smallest absolute Gasteiger partial charge is 0.420 e. The molecule has 0 unspecified atom stereocenters. The van der Waals surface area contributed by atoms with Crippen LogP contribution < -0.4 is 10.1 Å². The fourth-order valence-corrected chi connectivity index (χ4v) is 4.96. The van der Waals surface area contributed by atoms with Crippen molar-refractivity contribution in [1.82, 2.24) is 33.7 Å². The first-order valence-electron chi connectivity index (χ1n) is 12.2. The summed E-state index contributed by atoms with van der Waals surface area (Å²) in [6.45, 7) is 1.57. The van der Waals surface area contributed by atoms with Crippen molar-refractivity contribution < 1.29 is 26.3 Å². The lowest BCUT2D eigenvalue weighted by Gasteiger charge is -2.30. The summed E-state index contributed by atoms with van der Waals surface area (Å²) >= 11 is 0. The van der Waals surface area contributed by atoms with Crippen LogP contribution in [0, 0.1) is 11.3 Å². The zero-order valence-electron chi connectivity index (χ0n) is 22.1. The van der Waals surface area contributed by atoms with Crippen LogP contribution in [0.4, 0.5) is 19.1 Å². The van der Waals surface area contributed by atoms with Gasteiger partial charge >= 0.3 is 6.18 Å². The molecule has 16 heteroatoms. The van der Waals surface area contributed by atoms with Gasteiger partial charge in [0.1, 0.15) is 36.0 Å². The minimum absolute atomic E-state index is 0.00725. The Labute approximate surface area is 229 Å². The molecule has 1 fully saturated rings. The lowest BCUT2D eigenvalue weighted by molar-refractivity contribution is -0.137. The Balaban J connectivity index is 1.58. The quantitative estimate of drug-likeness (QED) is 0.402. The fourth-order valence-electron chi connectivity index (χ4n) is 4.08. The van der Waals surface area contributed by atoms with Gasteiger partial charge in [-0.25, -0.2) is 32.7 Å². The number of sulfonamides is 1. The summed E-state index contributed by atoms with van der Waals surface area (Å²) in [5.74, 6) is 0.213. The number of anilines is 1. The average Bonchev–Trinajstić information content (AvgIpc) is 3.37. The van der Waals surface area contributed by atoms with Crippen LogP contribution in [0.5, 0.6) is 5.88 Å². The number of nitrogens with one attached hydrogen (secondary N) is 1. The zero-order chi connectivity index (χ0) is 29.1. The van der Waals surface area contributed by atoms with E-state index in [4.69, 9.17) is 4.74 Å². The second kappa shape index (κ2) is 11.7. The first kappa shape index (κ1) is 29.2. The number of aromatic nitrogens is 5. The number of nitriles is 1. The predicted octanol–water partition coefficient (Wildman–Crippen LogP) is 2.39. The maximum Gasteiger partial charge on any atom is 0.420 e. The van der Waals surface area contributed by atoms with Crippen molar-refractivity contribution in [3.05, 3.63) is 42.1 Å². The standard InChI is InChI=1S/C24H28F3N9O3S/c1-34(2)10-11-39-21-5-4-20(18(12-28)32-21)35-14-19(30-15-35)22-17(24(25,26)27)13-29-23(33-22)31-16-6-8-36(9-7-16)40(3,37)38/h4-5,13-16H,6-11H2,1-3H3,(H,29,31,33). The van der Waals surface area contributed by atoms with Gasteiger partial charge in [0, 0.05) is 44.1 Å². The number of imidazole rings is 1. The van der Waals surface area contributed by atoms with Crippen molar-refractivity contribution in [1.29, 1.82) is 5.26 Å². The van der Waals surface area contributed by atoms with Gasteiger partial charge in [-0.05, 0) is 33.0 Å². The summed E-state index contributed by atoms with van der Waals surface area (Å²) in [6, 6.07) is 4.89. The first-order valence-corrected chi connectivity index (χ1v) is 14.1. The van der Waals surface area contributed by atoms with Crippen LogP contribution in [0.3, 0.4) is 0 Å². The largest absolute Gasteiger partial charge is 0.476 e. The van der Waals surface area contributed by atoms with Gasteiger partial charge in [-0.1, -0.05) is 0 Å². The Hall–Kier alpha value is -3.81. The Morgan fingerprint density at radius 1 is 1.20 bits per heavy atom. The number of hydrogen-bond acceptors (Lipinski definition) is 10. The molecule has 4 heterocycles. The third-order valence-electron chi connectivity index (χ3n) is 6.20. The lowest BCUT2D eigenvalue weighted by Crippen LogP contribution is -2.42. The van der Waals surface area contributed by atoms with Crippen LogP contribution in [0.15, 0.2) is 30.9 Å². The molecule has 0 radical (unpaired) electrons. The van der Waals surface area contributed by atoms with Crippen LogP contribution in [0.1, 0.15) is 24.1 Å². The van der Waals surface area contributed by atoms with Gasteiger partial charge in [-0.15, -0.1) is 0 Å². The second-order valence-corrected chi connectivity index (χ2v) is 11.5. The summed E-state index contributed by atoms with van der Waals surface area (Å²) in [4.78, 5) is 18.2. The van der Waals surface area contributed by atoms with Gasteiger partial charge in [0.25, 0.3) is 0 Å². The molecule has 3 aromatic heterocycles. The average molecular weight is 580 g/mol. The maximum atomic E-state index is 13.9. The van der Waals surface area contributed by atoms with Gasteiger partial charge in [0.05, 0.1) is 11.9 Å². The molecule has 1 saturated heterocycles. The van der Waals surface area contributed by atoms with Gasteiger partial charge in [-0.2, -0.15) is 18.4 Å². The summed E-state index contributed by atoms with van der Waals surface area (Å²) in [5, 5.41) is 12.6. The third kappa shape index (κ3) is 7.03. The molecule has 0 aromatic carbocycles. The number of pyridine rings is 1. The SMILES string of the molecule is CN(C)CCOc1ccc(-n2cnc(-c3nc(NC4CCN(S(C)(=O)=O)CC4)ncc3C(F)(F)F)c2)c(C#N)n1. The zero-order valence-corrected chi connectivity index (χ0v) is 22.9. The van der Waals surface area contributed by atoms with E-state index >= 15 is 0 Å². The molecule has 1 aliphatic rings. The fraction of sp³-hybridized carbons (Fsp3) is 0.458. The Morgan fingerprint density at radius 3 is 2.55 bits per heavy atom. The number of alkyl halides is 3. The van der Waals surface area contributed by atoms with E-state index in [2.05, 4.69) is 25.3 Å². The normalized spacial score (nSPS) is 15.2. The van der Waals surface area contributed by atoms with Crippen LogP contribution in [-0.2, 0) is 16.2 Å². The van der Waals surface area contributed by atoms with Crippen LogP contribution >= 0.6 is 0 Å². The van der Waals surface area contributed by atoms with Crippen molar-refractivity contribution in [2.24, 2.45) is 0 Å². The van der Waals surface area contributed by atoms with Crippen LogP contribution in [0.25, 0.3) is 17.1 Å². The van der Waals surface area contributed by atoms with Crippen molar-refractivity contribution in [2.75, 3.05) is 51.9 Å². The summed E-state index contributed by atoms with van der Waals surface area (Å²) in [6.07, 6.45) is 0.572. The summed E-state index contributed by atoms with van der Waals surface area (Å²) in [7, 11) is 0.466. The minimum atomic E-state index is -4.75. The molecular formula is C24H28F3N9O3S. The monoisotopic (exact) mass is 579 g/mol. The van der Waals surface area contributed by atoms with E-state index in [9.17, 15) is 26.9 Å². The van der Waals surface area contributed by atoms with E-state index in [1.165, 1.54) is 21.4 Å². The highest BCUT2D eigenvalue weighted by Gasteiger charge is 2.36. The highest BCUT2D eigenvalue weighted by molar-refractivity contribution is 7.88. The molecule has 1 aliphatic heterocycles. The number of piperidine rings is 1. The summed E-state index contributed by atoms with van der Waals surface area (Å²) in [5.41, 5.74) is -1.28. The maximum absolute atomic E-state index is 13.9. The van der Waals surface area contributed by atoms with E-state index in [0.717, 1.165) is 6.26 Å². The molecule has 0 atom stereocenters. The van der Waals surface area contributed by atoms with Gasteiger partial charge in [0.2, 0.25) is 21.9 Å². The van der Waals surface area contributed by atoms with Crippen molar-refractivity contribution in [3.63, 3.8) is 0 Å². The molecule has 0 saturated carbocycles. The Bertz CT molecular complexity index is 1500. The molecule has 0 amide bonds. The van der Waals surface area contributed by atoms with E-state index in [1.807, 2.05) is 25.1 Å². The Kier molecular flexibility index (Phi) is 8.57. The third-order valence-corrected chi connectivity index (χ3v) is 7.50. The predicted molar refractivity (Wildman–Crippen MR) is 139 cm³/mol. The molecule has 0 bridgehead atoms. The highest BCUT2D eigenvalue weighted by Crippen LogP contribution is 2.36. The first-order chi connectivity index (χ1) is 18.8. The molecule has 4 rings (SSSR count). The molecule has 12 nitrogen and oxygen atoms in total. The lowest BCUT2D eigenvalue weighted by atomic mass is 10.1. The number of halogens is 3. The van der Waals surface area contributed by atoms with E-state index < -0.39 is 27.5 Å². The molecule has 3 aromatic rings. The number of hydrogen-bond donors (Lipinski definition) is 1. The minimum Gasteiger partial charge on any atom is -0.476 e. The molecule has 214 valence electrons. The highest BCUT2D eigenvalue weighted by atomic mass is 32.2. The van der Waals surface area contributed by atoms with Crippen molar-refractivity contribution in [3.8, 4) is 29.0 Å². The Morgan fingerprint density at radius 2 is 1.93 bits per heavy atom. The second-order valence-electron chi connectivity index (χ2n) is 9.48. The van der Waals surface area contributed by atoms with Gasteiger partial charge < -0.3 is 19.5 Å². The number of likely N-dealkylation sites (N-methyl/N-ethyl adjacent to an activating group) is 1. The molecule has 40 heavy (non-hydrogen) atoms. The van der Waals surface area contributed by atoms with Gasteiger partial charge in [-0.3, -0.25) is 0 Å². The van der Waals surface area contributed by atoms with Crippen LogP contribution in [0.2, 0.25) is 0 Å². The van der Waals surface area contributed by atoms with Crippen LogP contribution in [-0.4, -0.2) is 94.8 Å². The van der Waals surface area contributed by atoms with Gasteiger partial charge in [0.15, 0.2) is 5.69 Å². The molecule has 0 spiro atoms. The number of nitrogens with zero attached hydrogens (tertiary/aromatic N) is 8.